The molecule has 0 aromatic carbocycles. The monoisotopic (exact) mass is 1290 g/mol. The lowest BCUT2D eigenvalue weighted by Crippen LogP contribution is -2.67. The van der Waals surface area contributed by atoms with Crippen molar-refractivity contribution in [3.8, 4) is 0 Å². The van der Waals surface area contributed by atoms with Crippen LogP contribution in [-0.2, 0) is 0 Å². The third-order valence-electron chi connectivity index (χ3n) is 31.2. The first-order valence-corrected chi connectivity index (χ1v) is 38.4. The molecule has 4 heterocycles. The van der Waals surface area contributed by atoms with Crippen molar-refractivity contribution in [2.24, 2.45) is 108 Å². The molecule has 34 atom stereocenters. The highest BCUT2D eigenvalue weighted by Crippen LogP contribution is 2.69. The second-order valence-corrected chi connectivity index (χ2v) is 38.0. The molecule has 4 saturated heterocycles. The highest BCUT2D eigenvalue weighted by molar-refractivity contribution is 8.00. The minimum absolute atomic E-state index is 0.0398. The van der Waals surface area contributed by atoms with E-state index in [9.17, 15) is 56.2 Å². The number of hydrogen-bond acceptors (Lipinski definition) is 15. The number of fused-ring (bicyclic) bond motifs is 20. The lowest BCUT2D eigenvalue weighted by atomic mass is 9.51. The molecule has 0 amide bonds. The molecular formula is C75H120N2O11S2. The van der Waals surface area contributed by atoms with E-state index < -0.39 is 24.4 Å². The van der Waals surface area contributed by atoms with E-state index in [1.54, 1.807) is 0 Å². The highest BCUT2D eigenvalue weighted by Gasteiger charge is 2.67. The van der Waals surface area contributed by atoms with Crippen LogP contribution in [0.15, 0.2) is 46.6 Å². The predicted octanol–water partition coefficient (Wildman–Crippen LogP) is 8.87. The van der Waals surface area contributed by atoms with Gasteiger partial charge in [0.15, 0.2) is 0 Å². The Morgan fingerprint density at radius 1 is 0.367 bits per heavy atom. The van der Waals surface area contributed by atoms with Crippen LogP contribution in [0.5, 0.6) is 0 Å². The zero-order valence-corrected chi connectivity index (χ0v) is 58.2. The minimum Gasteiger partial charge on any atom is -0.392 e. The number of piperidine rings is 2. The Hall–Kier alpha value is -0.860. The van der Waals surface area contributed by atoms with Gasteiger partial charge < -0.3 is 66.8 Å². The summed E-state index contributed by atoms with van der Waals surface area (Å²) in [7, 11) is 0. The Balaban J connectivity index is 0.000000110. The SMILES string of the molecule is C[C@@H]1CC2C3C(SC[C@]2(C)[C@H]1O)[C@@]1(C)CC[C@H](O)C=C1C[C@@H]3O.C[C@H]1CCC2C3C(NC[C@@]21C)[C@@]1(C)CC[C@H](O)C=C1C[C@@H]3O.C[C@H]1CCC2C3C(SC[C@@]21C)[C@@]1(C)CC[C@H](O)C=C1C[C@@H]3O.C[C@]12CC[C@H](O)C=C1C[C@H](O)C1C2NC[C@@]2(C)C1C[C@@H](O)[C@@H]2O. The van der Waals surface area contributed by atoms with Crippen molar-refractivity contribution in [2.45, 2.75) is 281 Å². The molecule has 13 N–H and O–H groups in total. The molecule has 508 valence electrons. The molecule has 0 radical (unpaired) electrons. The van der Waals surface area contributed by atoms with Gasteiger partial charge in [-0.05, 0) is 174 Å². The Morgan fingerprint density at radius 2 is 0.722 bits per heavy atom. The van der Waals surface area contributed by atoms with Crippen LogP contribution in [-0.4, -0.2) is 170 Å². The Kier molecular flexibility index (Phi) is 18.0. The van der Waals surface area contributed by atoms with Crippen LogP contribution in [0.1, 0.15) is 192 Å². The van der Waals surface area contributed by atoms with Gasteiger partial charge in [0.05, 0.1) is 67.1 Å². The van der Waals surface area contributed by atoms with Crippen LogP contribution < -0.4 is 10.6 Å². The van der Waals surface area contributed by atoms with E-state index in [1.165, 1.54) is 53.7 Å². The van der Waals surface area contributed by atoms with Crippen LogP contribution in [0.2, 0.25) is 0 Å². The van der Waals surface area contributed by atoms with Crippen LogP contribution >= 0.6 is 23.5 Å². The van der Waals surface area contributed by atoms with Gasteiger partial charge in [0.1, 0.15) is 0 Å². The van der Waals surface area contributed by atoms with Crippen molar-refractivity contribution in [3.63, 3.8) is 0 Å². The van der Waals surface area contributed by atoms with Gasteiger partial charge in [-0.25, -0.2) is 0 Å². The largest absolute Gasteiger partial charge is 0.392 e. The van der Waals surface area contributed by atoms with E-state index in [0.29, 0.717) is 88.7 Å². The quantitative estimate of drug-likeness (QED) is 0.101. The van der Waals surface area contributed by atoms with Gasteiger partial charge in [-0.1, -0.05) is 123 Å². The summed E-state index contributed by atoms with van der Waals surface area (Å²) < 4.78 is 0. The van der Waals surface area contributed by atoms with Crippen LogP contribution in [0.25, 0.3) is 0 Å². The number of nitrogens with one attached hydrogen (secondary N) is 2. The van der Waals surface area contributed by atoms with Gasteiger partial charge in [-0.15, -0.1) is 0 Å². The Morgan fingerprint density at radius 3 is 1.19 bits per heavy atom. The van der Waals surface area contributed by atoms with E-state index in [-0.39, 0.29) is 99.0 Å². The van der Waals surface area contributed by atoms with Crippen molar-refractivity contribution in [2.75, 3.05) is 24.6 Å². The zero-order chi connectivity index (χ0) is 64.5. The molecule has 0 bridgehead atoms. The third-order valence-corrected chi connectivity index (χ3v) is 35.2. The molecule has 0 spiro atoms. The first kappa shape index (κ1) is 67.7. The number of thioether (sulfide) groups is 2. The van der Waals surface area contributed by atoms with Gasteiger partial charge in [-0.3, -0.25) is 0 Å². The molecule has 8 saturated carbocycles. The van der Waals surface area contributed by atoms with Gasteiger partial charge in [0.2, 0.25) is 0 Å². The van der Waals surface area contributed by atoms with Crippen LogP contribution in [0.3, 0.4) is 0 Å². The van der Waals surface area contributed by atoms with Crippen molar-refractivity contribution in [1.82, 2.24) is 10.6 Å². The molecule has 16 aliphatic rings. The van der Waals surface area contributed by atoms with Crippen LogP contribution in [0, 0.1) is 108 Å². The van der Waals surface area contributed by atoms with Gasteiger partial charge in [0, 0.05) is 97.6 Å². The molecule has 12 aliphatic carbocycles. The fourth-order valence-corrected chi connectivity index (χ4v) is 29.2. The zero-order valence-electron chi connectivity index (χ0n) is 56.6. The van der Waals surface area contributed by atoms with E-state index in [0.717, 1.165) is 94.8 Å². The molecule has 12 unspecified atom stereocenters. The molecule has 13 nitrogen and oxygen atoms in total. The maximum absolute atomic E-state index is 11.0. The molecular weight excluding hydrogens is 1170 g/mol. The molecule has 4 aliphatic heterocycles. The van der Waals surface area contributed by atoms with Crippen molar-refractivity contribution < 1.29 is 56.2 Å². The maximum Gasteiger partial charge on any atom is 0.0867 e. The second-order valence-electron chi connectivity index (χ2n) is 35.7. The summed E-state index contributed by atoms with van der Waals surface area (Å²) in [6.45, 7) is 27.2. The normalized spacial score (nSPS) is 58.2. The van der Waals surface area contributed by atoms with Crippen molar-refractivity contribution in [3.05, 3.63) is 46.6 Å². The fraction of sp³-hybridized carbons (Fsp3) is 0.893. The Labute approximate surface area is 548 Å². The number of rotatable bonds is 0. The average molecular weight is 1290 g/mol. The summed E-state index contributed by atoms with van der Waals surface area (Å²) in [5, 5.41) is 123. The minimum atomic E-state index is -0.730. The Bertz CT molecular complexity index is 2640. The second kappa shape index (κ2) is 24.0. The first-order chi connectivity index (χ1) is 42.3. The molecule has 0 aromatic heterocycles. The van der Waals surface area contributed by atoms with Gasteiger partial charge in [-0.2, -0.15) is 23.5 Å². The predicted molar refractivity (Wildman–Crippen MR) is 358 cm³/mol. The number of aliphatic hydroxyl groups excluding tert-OH is 11. The lowest BCUT2D eigenvalue weighted by Gasteiger charge is -2.60. The van der Waals surface area contributed by atoms with E-state index in [2.05, 4.69) is 97.7 Å². The standard InChI is InChI=1S/C19H31NO2.C19H30O3S.C19H30O2S.C18H29NO4/c1-11-4-5-14-16-15(22)9-12-8-13(21)6-7-18(12,2)17(16)20-10-19(11,14)3;1-10-6-13-15-14(21)8-11-7-12(20)4-5-18(11,2)17(15)23-9-19(13,3)16(10)22;1-11-4-5-14-16-15(21)9-12-8-13(20)6-7-18(12,2)17(16)22-10-19(11,14)3;1-17-4-3-10(20)5-9(17)6-12(21)14-11-7-13(22)16(23)18(11,2)8-19-15(14)17/h8,11,13-17,20-22H,4-7,9-10H2,1-3H3;7,10,12-17,20-22H,4-6,8-9H2,1-3H3;8,11,13-17,20-21H,4-7,9-10H2,1-3H3;5,10-16,19-23H,3-4,6-8H2,1-2H3/t11-,13-,14?,15-,16?,17?,18-,19+;10-,12+,13?,14+,15?,16+,17?,18+,19+;11-,13-,14?,15-,16?,17?,18-,19+;10-,11?,12-,13+,14?,15?,16-,17-,18-/m0100/s1. The van der Waals surface area contributed by atoms with E-state index >= 15 is 0 Å². The van der Waals surface area contributed by atoms with Gasteiger partial charge in [0.25, 0.3) is 0 Å². The summed E-state index contributed by atoms with van der Waals surface area (Å²) in [4.78, 5) is 0. The smallest absolute Gasteiger partial charge is 0.0867 e. The van der Waals surface area contributed by atoms with Gasteiger partial charge >= 0.3 is 0 Å². The van der Waals surface area contributed by atoms with E-state index in [4.69, 9.17) is 0 Å². The summed E-state index contributed by atoms with van der Waals surface area (Å²) >= 11 is 4.11. The lowest BCUT2D eigenvalue weighted by molar-refractivity contribution is -0.101. The van der Waals surface area contributed by atoms with Crippen LogP contribution in [0.4, 0.5) is 0 Å². The number of aliphatic hydroxyl groups is 11. The van der Waals surface area contributed by atoms with Crippen molar-refractivity contribution in [1.29, 1.82) is 0 Å². The summed E-state index contributed by atoms with van der Waals surface area (Å²) in [6.07, 6.45) is 20.8. The number of hydrogen-bond donors (Lipinski definition) is 13. The topological polar surface area (TPSA) is 247 Å². The molecule has 0 aromatic rings. The summed E-state index contributed by atoms with van der Waals surface area (Å²) in [6, 6.07) is 0.513. The first-order valence-electron chi connectivity index (χ1n) is 36.3. The third kappa shape index (κ3) is 10.4. The summed E-state index contributed by atoms with van der Waals surface area (Å²) in [5.74, 6) is 7.11. The molecule has 90 heavy (non-hydrogen) atoms. The average Bonchev–Trinajstić information content (AvgIpc) is 1.35. The summed E-state index contributed by atoms with van der Waals surface area (Å²) in [5.41, 5.74) is 5.75. The molecule has 16 rings (SSSR count). The van der Waals surface area contributed by atoms with E-state index in [1.807, 2.05) is 36.9 Å². The molecule has 12 fully saturated rings. The maximum atomic E-state index is 11.0. The fourth-order valence-electron chi connectivity index (χ4n) is 24.8. The van der Waals surface area contributed by atoms with Crippen molar-refractivity contribution >= 4 is 23.5 Å². The molecule has 15 heteroatoms. The highest BCUT2D eigenvalue weighted by atomic mass is 32.2.